The molecule has 20 heavy (non-hydrogen) atoms. The lowest BCUT2D eigenvalue weighted by atomic mass is 10.2. The highest BCUT2D eigenvalue weighted by Gasteiger charge is 2.17. The molecule has 0 N–H and O–H groups in total. The van der Waals surface area contributed by atoms with Gasteiger partial charge < -0.3 is 9.16 Å². The summed E-state index contributed by atoms with van der Waals surface area (Å²) in [5, 5.41) is 3.45. The molecule has 0 unspecified atom stereocenters. The molecule has 0 aliphatic heterocycles. The van der Waals surface area contributed by atoms with Crippen molar-refractivity contribution in [2.75, 3.05) is 13.2 Å². The monoisotopic (exact) mass is 291 g/mol. The molecular weight excluding hydrogens is 270 g/mol. The van der Waals surface area contributed by atoms with Gasteiger partial charge in [-0.1, -0.05) is 11.7 Å². The number of ether oxygens (including phenoxy) is 1. The average Bonchev–Trinajstić information content (AvgIpc) is 2.37. The lowest BCUT2D eigenvalue weighted by Gasteiger charge is -2.21. The predicted molar refractivity (Wildman–Crippen MR) is 84.0 cm³/mol. The SMILES string of the molecule is C=C(O[Si](C)(C)C)c1ccc(OCCCN=[N+]=[N-])cc1. The minimum atomic E-state index is -1.62. The van der Waals surface area contributed by atoms with Crippen molar-refractivity contribution < 1.29 is 9.16 Å². The molecule has 0 aliphatic carbocycles. The maximum Gasteiger partial charge on any atom is 0.242 e. The van der Waals surface area contributed by atoms with E-state index in [4.69, 9.17) is 14.7 Å². The van der Waals surface area contributed by atoms with Gasteiger partial charge in [0.1, 0.15) is 11.5 Å². The van der Waals surface area contributed by atoms with Crippen LogP contribution in [0.15, 0.2) is 36.0 Å². The highest BCUT2D eigenvalue weighted by atomic mass is 28.4. The van der Waals surface area contributed by atoms with Crippen LogP contribution in [0.1, 0.15) is 12.0 Å². The summed E-state index contributed by atoms with van der Waals surface area (Å²) in [5.41, 5.74) is 9.11. The standard InChI is InChI=1S/C14H21N3O2Si/c1-12(19-20(2,3)4)13-6-8-14(9-7-13)18-11-5-10-16-17-15/h6-9H,1,5,10-11H2,2-4H3. The zero-order valence-corrected chi connectivity index (χ0v) is 13.3. The summed E-state index contributed by atoms with van der Waals surface area (Å²) in [7, 11) is -1.62. The van der Waals surface area contributed by atoms with Crippen molar-refractivity contribution in [3.63, 3.8) is 0 Å². The fourth-order valence-electron chi connectivity index (χ4n) is 1.54. The summed E-state index contributed by atoms with van der Waals surface area (Å²) >= 11 is 0. The van der Waals surface area contributed by atoms with Crippen LogP contribution >= 0.6 is 0 Å². The maximum absolute atomic E-state index is 8.15. The van der Waals surface area contributed by atoms with E-state index < -0.39 is 8.32 Å². The van der Waals surface area contributed by atoms with E-state index in [1.165, 1.54) is 0 Å². The molecule has 1 rings (SSSR count). The van der Waals surface area contributed by atoms with E-state index >= 15 is 0 Å². The van der Waals surface area contributed by atoms with Crippen molar-refractivity contribution in [3.05, 3.63) is 46.9 Å². The van der Waals surface area contributed by atoms with Crippen LogP contribution in [-0.2, 0) is 4.43 Å². The lowest BCUT2D eigenvalue weighted by molar-refractivity contribution is 0.313. The first-order valence-corrected chi connectivity index (χ1v) is 9.95. The van der Waals surface area contributed by atoms with Crippen molar-refractivity contribution >= 4 is 14.1 Å². The van der Waals surface area contributed by atoms with Gasteiger partial charge in [-0.3, -0.25) is 0 Å². The number of hydrogen-bond acceptors (Lipinski definition) is 3. The number of nitrogens with zero attached hydrogens (tertiary/aromatic N) is 3. The second-order valence-electron chi connectivity index (χ2n) is 5.32. The second-order valence-corrected chi connectivity index (χ2v) is 9.75. The molecule has 5 nitrogen and oxygen atoms in total. The quantitative estimate of drug-likeness (QED) is 0.175. The van der Waals surface area contributed by atoms with Gasteiger partial charge in [0.25, 0.3) is 0 Å². The highest BCUT2D eigenvalue weighted by molar-refractivity contribution is 6.70. The number of azide groups is 1. The minimum absolute atomic E-state index is 0.454. The summed E-state index contributed by atoms with van der Waals surface area (Å²) in [4.78, 5) is 2.69. The zero-order valence-electron chi connectivity index (χ0n) is 12.3. The van der Waals surface area contributed by atoms with Gasteiger partial charge in [-0.05, 0) is 55.9 Å². The third-order valence-electron chi connectivity index (χ3n) is 2.34. The Morgan fingerprint density at radius 1 is 1.30 bits per heavy atom. The van der Waals surface area contributed by atoms with Gasteiger partial charge in [-0.2, -0.15) is 0 Å². The average molecular weight is 291 g/mol. The molecule has 0 saturated heterocycles. The molecule has 1 aromatic rings. The Morgan fingerprint density at radius 3 is 2.50 bits per heavy atom. The van der Waals surface area contributed by atoms with Crippen molar-refractivity contribution in [1.82, 2.24) is 0 Å². The van der Waals surface area contributed by atoms with Gasteiger partial charge in [0.15, 0.2) is 0 Å². The number of hydrogen-bond donors (Lipinski definition) is 0. The van der Waals surface area contributed by atoms with E-state index in [2.05, 4.69) is 36.2 Å². The Hall–Kier alpha value is -1.91. The molecule has 0 amide bonds. The molecule has 0 saturated carbocycles. The third kappa shape index (κ3) is 6.31. The van der Waals surface area contributed by atoms with Gasteiger partial charge in [0.2, 0.25) is 8.32 Å². The molecule has 0 heterocycles. The summed E-state index contributed by atoms with van der Waals surface area (Å²) in [6.45, 7) is 11.3. The molecule has 6 heteroatoms. The van der Waals surface area contributed by atoms with Crippen molar-refractivity contribution in [3.8, 4) is 5.75 Å². The van der Waals surface area contributed by atoms with Crippen LogP contribution in [0.25, 0.3) is 16.2 Å². The summed E-state index contributed by atoms with van der Waals surface area (Å²) in [6, 6.07) is 7.65. The van der Waals surface area contributed by atoms with Crippen LogP contribution in [0, 0.1) is 0 Å². The predicted octanol–water partition coefficient (Wildman–Crippen LogP) is 4.59. The molecule has 0 atom stereocenters. The first kappa shape index (κ1) is 16.1. The van der Waals surface area contributed by atoms with E-state index in [9.17, 15) is 0 Å². The Morgan fingerprint density at radius 2 is 1.95 bits per heavy atom. The van der Waals surface area contributed by atoms with Crippen LogP contribution in [0.3, 0.4) is 0 Å². The second kappa shape index (κ2) is 7.62. The zero-order chi connectivity index (χ0) is 15.0. The van der Waals surface area contributed by atoms with Gasteiger partial charge in [-0.15, -0.1) is 0 Å². The van der Waals surface area contributed by atoms with E-state index in [0.29, 0.717) is 25.3 Å². The van der Waals surface area contributed by atoms with Gasteiger partial charge in [-0.25, -0.2) is 0 Å². The minimum Gasteiger partial charge on any atom is -0.544 e. The lowest BCUT2D eigenvalue weighted by Crippen LogP contribution is -2.24. The van der Waals surface area contributed by atoms with Crippen LogP contribution < -0.4 is 4.74 Å². The largest absolute Gasteiger partial charge is 0.544 e. The topological polar surface area (TPSA) is 67.2 Å². The smallest absolute Gasteiger partial charge is 0.242 e. The van der Waals surface area contributed by atoms with Crippen molar-refractivity contribution in [2.24, 2.45) is 5.11 Å². The summed E-state index contributed by atoms with van der Waals surface area (Å²) in [5.74, 6) is 1.49. The van der Waals surface area contributed by atoms with Gasteiger partial charge in [0, 0.05) is 17.0 Å². The first-order chi connectivity index (χ1) is 9.42. The fourth-order valence-corrected chi connectivity index (χ4v) is 2.39. The Labute approximate surface area is 121 Å². The fraction of sp³-hybridized carbons (Fsp3) is 0.429. The van der Waals surface area contributed by atoms with Crippen molar-refractivity contribution in [2.45, 2.75) is 26.1 Å². The molecule has 0 fully saturated rings. The number of benzene rings is 1. The van der Waals surface area contributed by atoms with Crippen LogP contribution in [0.5, 0.6) is 5.75 Å². The molecule has 0 radical (unpaired) electrons. The van der Waals surface area contributed by atoms with Crippen LogP contribution in [0.4, 0.5) is 0 Å². The van der Waals surface area contributed by atoms with E-state index in [-0.39, 0.29) is 0 Å². The summed E-state index contributed by atoms with van der Waals surface area (Å²) in [6.07, 6.45) is 0.706. The van der Waals surface area contributed by atoms with Crippen molar-refractivity contribution in [1.29, 1.82) is 0 Å². The summed E-state index contributed by atoms with van der Waals surface area (Å²) < 4.78 is 11.4. The molecule has 1 aromatic carbocycles. The van der Waals surface area contributed by atoms with Gasteiger partial charge in [0.05, 0.1) is 6.61 Å². The molecule has 0 spiro atoms. The number of rotatable bonds is 8. The molecular formula is C14H21N3O2Si. The van der Waals surface area contributed by atoms with Crippen LogP contribution in [-0.4, -0.2) is 21.5 Å². The molecule has 0 bridgehead atoms. The van der Waals surface area contributed by atoms with Gasteiger partial charge >= 0.3 is 0 Å². The van der Waals surface area contributed by atoms with Crippen LogP contribution in [0.2, 0.25) is 19.6 Å². The van der Waals surface area contributed by atoms with E-state index in [1.54, 1.807) is 0 Å². The molecule has 0 aromatic heterocycles. The third-order valence-corrected chi connectivity index (χ3v) is 3.20. The highest BCUT2D eigenvalue weighted by Crippen LogP contribution is 2.21. The Kier molecular flexibility index (Phi) is 6.15. The maximum atomic E-state index is 8.15. The Bertz CT molecular complexity index is 488. The van der Waals surface area contributed by atoms with E-state index in [1.807, 2.05) is 24.3 Å². The molecule has 0 aliphatic rings. The normalized spacial score (nSPS) is 10.6. The first-order valence-electron chi connectivity index (χ1n) is 6.54. The van der Waals surface area contributed by atoms with E-state index in [0.717, 1.165) is 11.3 Å². The molecule has 108 valence electrons. The Balaban J connectivity index is 2.47.